The van der Waals surface area contributed by atoms with Gasteiger partial charge >= 0.3 is 0 Å². The highest BCUT2D eigenvalue weighted by molar-refractivity contribution is 7.92. The minimum Gasteiger partial charge on any atom is -0.495 e. The fourth-order valence-electron chi connectivity index (χ4n) is 2.65. The van der Waals surface area contributed by atoms with Crippen molar-refractivity contribution in [3.05, 3.63) is 47.5 Å². The summed E-state index contributed by atoms with van der Waals surface area (Å²) >= 11 is 0. The number of hydrazone groups is 1. The number of anilines is 1. The fourth-order valence-corrected chi connectivity index (χ4v) is 3.51. The van der Waals surface area contributed by atoms with Crippen LogP contribution in [0, 0.1) is 6.92 Å². The second-order valence-corrected chi connectivity index (χ2v) is 8.26. The molecule has 162 valence electrons. The molecule has 10 heteroatoms. The molecule has 0 atom stereocenters. The number of methoxy groups -OCH3 is 3. The van der Waals surface area contributed by atoms with E-state index in [-0.39, 0.29) is 5.69 Å². The quantitative estimate of drug-likeness (QED) is 0.477. The average Bonchev–Trinajstić information content (AvgIpc) is 2.71. The minimum atomic E-state index is -3.75. The lowest BCUT2D eigenvalue weighted by molar-refractivity contribution is -0.119. The number of nitrogens with zero attached hydrogens (tertiary/aromatic N) is 2. The van der Waals surface area contributed by atoms with E-state index >= 15 is 0 Å². The molecule has 0 radical (unpaired) electrons. The molecule has 0 spiro atoms. The van der Waals surface area contributed by atoms with E-state index in [1.807, 2.05) is 6.92 Å². The van der Waals surface area contributed by atoms with Crippen molar-refractivity contribution >= 4 is 27.8 Å². The predicted octanol–water partition coefficient (Wildman–Crippen LogP) is 1.94. The van der Waals surface area contributed by atoms with Crippen LogP contribution >= 0.6 is 0 Å². The zero-order chi connectivity index (χ0) is 22.3. The Morgan fingerprint density at radius 3 is 2.27 bits per heavy atom. The molecule has 0 saturated carbocycles. The maximum Gasteiger partial charge on any atom is 0.260 e. The van der Waals surface area contributed by atoms with Crippen molar-refractivity contribution in [3.63, 3.8) is 0 Å². The largest absolute Gasteiger partial charge is 0.495 e. The molecule has 9 nitrogen and oxygen atoms in total. The Hall–Kier alpha value is -3.27. The highest BCUT2D eigenvalue weighted by atomic mass is 32.2. The summed E-state index contributed by atoms with van der Waals surface area (Å²) in [5.41, 5.74) is 4.10. The Bertz CT molecular complexity index is 1040. The van der Waals surface area contributed by atoms with Crippen molar-refractivity contribution in [1.82, 2.24) is 5.43 Å². The molecule has 0 bridgehead atoms. The number of sulfonamides is 1. The van der Waals surface area contributed by atoms with Gasteiger partial charge in [-0.05, 0) is 48.4 Å². The number of ether oxygens (including phenoxy) is 3. The predicted molar refractivity (Wildman–Crippen MR) is 115 cm³/mol. The highest BCUT2D eigenvalue weighted by Gasteiger charge is 2.24. The lowest BCUT2D eigenvalue weighted by Gasteiger charge is -2.23. The molecule has 0 heterocycles. The molecule has 0 unspecified atom stereocenters. The van der Waals surface area contributed by atoms with Gasteiger partial charge in [0, 0.05) is 0 Å². The van der Waals surface area contributed by atoms with E-state index in [2.05, 4.69) is 10.5 Å². The molecule has 1 amide bonds. The summed E-state index contributed by atoms with van der Waals surface area (Å²) in [6, 6.07) is 10.2. The molecule has 2 rings (SSSR count). The summed E-state index contributed by atoms with van der Waals surface area (Å²) in [4.78, 5) is 12.4. The Labute approximate surface area is 176 Å². The van der Waals surface area contributed by atoms with Gasteiger partial charge in [-0.2, -0.15) is 5.10 Å². The fraction of sp³-hybridized carbons (Fsp3) is 0.300. The molecule has 2 aromatic carbocycles. The first-order valence-corrected chi connectivity index (χ1v) is 10.7. The lowest BCUT2D eigenvalue weighted by atomic mass is 10.2. The highest BCUT2D eigenvalue weighted by Crippen LogP contribution is 2.31. The third-order valence-corrected chi connectivity index (χ3v) is 5.23. The maximum absolute atomic E-state index is 12.4. The number of nitrogens with one attached hydrogen (secondary N) is 1. The van der Waals surface area contributed by atoms with Gasteiger partial charge in [0.15, 0.2) is 11.5 Å². The number of amides is 1. The molecule has 0 aliphatic carbocycles. The van der Waals surface area contributed by atoms with Gasteiger partial charge in [0.05, 0.1) is 39.5 Å². The van der Waals surface area contributed by atoms with Crippen molar-refractivity contribution in [3.8, 4) is 17.2 Å². The number of rotatable bonds is 9. The Morgan fingerprint density at radius 1 is 1.03 bits per heavy atom. The zero-order valence-corrected chi connectivity index (χ0v) is 18.3. The minimum absolute atomic E-state index is 0.277. The van der Waals surface area contributed by atoms with Gasteiger partial charge in [0.2, 0.25) is 10.0 Å². The van der Waals surface area contributed by atoms with Crippen LogP contribution in [0.25, 0.3) is 0 Å². The molecule has 0 aliphatic heterocycles. The summed E-state index contributed by atoms with van der Waals surface area (Å²) in [6.07, 6.45) is 2.44. The number of carbonyl (C=O) groups is 1. The number of hydrogen-bond donors (Lipinski definition) is 1. The van der Waals surface area contributed by atoms with Gasteiger partial charge in [0.1, 0.15) is 12.3 Å². The molecule has 0 saturated heterocycles. The van der Waals surface area contributed by atoms with Gasteiger partial charge in [-0.1, -0.05) is 6.07 Å². The molecule has 0 aliphatic rings. The van der Waals surface area contributed by atoms with Gasteiger partial charge in [-0.15, -0.1) is 0 Å². The van der Waals surface area contributed by atoms with E-state index in [0.29, 0.717) is 22.8 Å². The lowest BCUT2D eigenvalue weighted by Crippen LogP contribution is -2.39. The van der Waals surface area contributed by atoms with Gasteiger partial charge < -0.3 is 14.2 Å². The van der Waals surface area contributed by atoms with Crippen molar-refractivity contribution in [2.45, 2.75) is 6.92 Å². The second-order valence-electron chi connectivity index (χ2n) is 6.35. The van der Waals surface area contributed by atoms with Crippen LogP contribution in [0.5, 0.6) is 17.2 Å². The van der Waals surface area contributed by atoms with Crippen LogP contribution in [-0.2, 0) is 14.8 Å². The van der Waals surface area contributed by atoms with Crippen molar-refractivity contribution in [2.75, 3.05) is 38.4 Å². The van der Waals surface area contributed by atoms with Crippen LogP contribution in [0.3, 0.4) is 0 Å². The van der Waals surface area contributed by atoms with Crippen LogP contribution in [-0.4, -0.2) is 54.7 Å². The summed E-state index contributed by atoms with van der Waals surface area (Å²) in [6.45, 7) is 1.36. The van der Waals surface area contributed by atoms with E-state index in [9.17, 15) is 13.2 Å². The van der Waals surface area contributed by atoms with E-state index in [0.717, 1.165) is 16.1 Å². The summed E-state index contributed by atoms with van der Waals surface area (Å²) < 4.78 is 41.2. The zero-order valence-electron chi connectivity index (χ0n) is 17.5. The molecular formula is C20H25N3O6S. The number of aryl methyl sites for hydroxylation is 1. The van der Waals surface area contributed by atoms with E-state index in [1.54, 1.807) is 36.4 Å². The smallest absolute Gasteiger partial charge is 0.260 e. The first kappa shape index (κ1) is 23.0. The first-order chi connectivity index (χ1) is 14.2. The van der Waals surface area contributed by atoms with Crippen molar-refractivity contribution < 1.29 is 27.4 Å². The first-order valence-electron chi connectivity index (χ1n) is 8.86. The van der Waals surface area contributed by atoms with Gasteiger partial charge in [-0.3, -0.25) is 9.10 Å². The van der Waals surface area contributed by atoms with Gasteiger partial charge in [-0.25, -0.2) is 13.8 Å². The number of benzene rings is 2. The molecular weight excluding hydrogens is 410 g/mol. The Balaban J connectivity index is 2.16. The topological polar surface area (TPSA) is 107 Å². The summed E-state index contributed by atoms with van der Waals surface area (Å²) in [5.74, 6) is 0.811. The molecule has 30 heavy (non-hydrogen) atoms. The van der Waals surface area contributed by atoms with Crippen LogP contribution in [0.2, 0.25) is 0 Å². The van der Waals surface area contributed by atoms with Crippen molar-refractivity contribution in [2.24, 2.45) is 5.10 Å². The summed E-state index contributed by atoms with van der Waals surface area (Å²) in [7, 11) is 0.731. The Kier molecular flexibility index (Phi) is 7.65. The van der Waals surface area contributed by atoms with Crippen molar-refractivity contribution in [1.29, 1.82) is 0 Å². The van der Waals surface area contributed by atoms with Gasteiger partial charge in [0.25, 0.3) is 5.91 Å². The van der Waals surface area contributed by atoms with E-state index < -0.39 is 22.5 Å². The molecule has 2 aromatic rings. The molecule has 0 fully saturated rings. The SMILES string of the molecule is COc1ccc(/C=N\NC(=O)CN(c2cc(C)ccc2OC)S(C)(=O)=O)cc1OC. The standard InChI is InChI=1S/C20H25N3O6S/c1-14-6-8-17(27-2)16(10-14)23(30(5,25)26)13-20(24)22-21-12-15-7-9-18(28-3)19(11-15)29-4/h6-12H,13H2,1-5H3,(H,22,24)/b21-12-. The van der Waals surface area contributed by atoms with E-state index in [1.165, 1.54) is 27.5 Å². The number of hydrogen-bond acceptors (Lipinski definition) is 7. The summed E-state index contributed by atoms with van der Waals surface area (Å²) in [5, 5.41) is 3.89. The number of carbonyl (C=O) groups excluding carboxylic acids is 1. The molecule has 0 aromatic heterocycles. The maximum atomic E-state index is 12.4. The average molecular weight is 436 g/mol. The monoisotopic (exact) mass is 435 g/mol. The van der Waals surface area contributed by atoms with Crippen LogP contribution in [0.15, 0.2) is 41.5 Å². The van der Waals surface area contributed by atoms with E-state index in [4.69, 9.17) is 14.2 Å². The van der Waals surface area contributed by atoms with Crippen LogP contribution in [0.1, 0.15) is 11.1 Å². The van der Waals surface area contributed by atoms with Crippen LogP contribution in [0.4, 0.5) is 5.69 Å². The molecule has 1 N–H and O–H groups in total. The third kappa shape index (κ3) is 5.86. The van der Waals surface area contributed by atoms with Crippen LogP contribution < -0.4 is 23.9 Å². The Morgan fingerprint density at radius 2 is 1.67 bits per heavy atom. The second kappa shape index (κ2) is 9.97. The normalized spacial score (nSPS) is 11.2. The third-order valence-electron chi connectivity index (χ3n) is 4.10.